The number of Topliss-reactive ketones (excluding diaryl/α,β-unsaturated/α-hetero) is 1. The maximum absolute atomic E-state index is 12.7. The number of rotatable bonds is 6. The Labute approximate surface area is 128 Å². The van der Waals surface area contributed by atoms with Crippen molar-refractivity contribution in [1.29, 1.82) is 0 Å². The Kier molecular flexibility index (Phi) is 5.13. The van der Waals surface area contributed by atoms with Crippen LogP contribution >= 0.6 is 11.3 Å². The Morgan fingerprint density at radius 3 is 2.67 bits per heavy atom. The number of hydrogen-bond acceptors (Lipinski definition) is 5. The van der Waals surface area contributed by atoms with Crippen LogP contribution in [0.25, 0.3) is 0 Å². The monoisotopic (exact) mass is 311 g/mol. The maximum Gasteiger partial charge on any atom is 0.303 e. The SMILES string of the molecule is CC(C)(C(=O)c1cc(CCC(=O)O)cs1)N1CCOCC1. The van der Waals surface area contributed by atoms with Gasteiger partial charge in [-0.05, 0) is 37.3 Å². The number of ether oxygens (including phenoxy) is 1. The summed E-state index contributed by atoms with van der Waals surface area (Å²) in [4.78, 5) is 26.2. The topological polar surface area (TPSA) is 66.8 Å². The fourth-order valence-electron chi connectivity index (χ4n) is 2.44. The summed E-state index contributed by atoms with van der Waals surface area (Å²) in [5.74, 6) is -0.723. The van der Waals surface area contributed by atoms with E-state index >= 15 is 0 Å². The number of aryl methyl sites for hydroxylation is 1. The third-order valence-corrected chi connectivity index (χ3v) is 4.84. The highest BCUT2D eigenvalue weighted by molar-refractivity contribution is 7.12. The highest BCUT2D eigenvalue weighted by atomic mass is 32.1. The molecule has 21 heavy (non-hydrogen) atoms. The molecule has 1 aliphatic rings. The summed E-state index contributed by atoms with van der Waals surface area (Å²) in [5.41, 5.74) is 0.363. The first kappa shape index (κ1) is 16.1. The third kappa shape index (κ3) is 3.90. The number of carboxylic acids is 1. The van der Waals surface area contributed by atoms with Crippen molar-refractivity contribution in [2.75, 3.05) is 26.3 Å². The van der Waals surface area contributed by atoms with Crippen molar-refractivity contribution < 1.29 is 19.4 Å². The van der Waals surface area contributed by atoms with Crippen LogP contribution in [0, 0.1) is 0 Å². The van der Waals surface area contributed by atoms with Crippen molar-refractivity contribution in [2.45, 2.75) is 32.2 Å². The van der Waals surface area contributed by atoms with Crippen LogP contribution in [-0.4, -0.2) is 53.6 Å². The maximum atomic E-state index is 12.7. The van der Waals surface area contributed by atoms with E-state index in [4.69, 9.17) is 9.84 Å². The smallest absolute Gasteiger partial charge is 0.303 e. The van der Waals surface area contributed by atoms with Gasteiger partial charge in [-0.2, -0.15) is 0 Å². The predicted molar refractivity (Wildman–Crippen MR) is 81.1 cm³/mol. The molecule has 1 aromatic rings. The highest BCUT2D eigenvalue weighted by Gasteiger charge is 2.36. The minimum Gasteiger partial charge on any atom is -0.481 e. The molecule has 6 heteroatoms. The van der Waals surface area contributed by atoms with E-state index in [1.54, 1.807) is 0 Å². The molecule has 1 aliphatic heterocycles. The van der Waals surface area contributed by atoms with Gasteiger partial charge in [-0.1, -0.05) is 0 Å². The van der Waals surface area contributed by atoms with Gasteiger partial charge >= 0.3 is 5.97 Å². The quantitative estimate of drug-likeness (QED) is 0.815. The number of hydrogen-bond donors (Lipinski definition) is 1. The van der Waals surface area contributed by atoms with Crippen molar-refractivity contribution >= 4 is 23.1 Å². The summed E-state index contributed by atoms with van der Waals surface area (Å²) in [5, 5.41) is 10.6. The molecule has 0 atom stereocenters. The van der Waals surface area contributed by atoms with Gasteiger partial charge in [0.1, 0.15) is 0 Å². The summed E-state index contributed by atoms with van der Waals surface area (Å²) < 4.78 is 5.33. The van der Waals surface area contributed by atoms with Crippen LogP contribution in [0.15, 0.2) is 11.4 Å². The average Bonchev–Trinajstić information content (AvgIpc) is 2.94. The summed E-state index contributed by atoms with van der Waals surface area (Å²) in [6.07, 6.45) is 0.564. The zero-order valence-corrected chi connectivity index (χ0v) is 13.2. The molecule has 2 heterocycles. The van der Waals surface area contributed by atoms with Gasteiger partial charge in [-0.3, -0.25) is 14.5 Å². The van der Waals surface area contributed by atoms with Gasteiger partial charge in [0.2, 0.25) is 0 Å². The molecule has 1 aromatic heterocycles. The van der Waals surface area contributed by atoms with Gasteiger partial charge in [-0.25, -0.2) is 0 Å². The summed E-state index contributed by atoms with van der Waals surface area (Å²) in [6.45, 7) is 6.72. The molecule has 0 spiro atoms. The lowest BCUT2D eigenvalue weighted by atomic mass is 9.94. The van der Waals surface area contributed by atoms with E-state index in [0.717, 1.165) is 18.7 Å². The van der Waals surface area contributed by atoms with Gasteiger partial charge in [0.25, 0.3) is 0 Å². The number of carboxylic acid groups (broad SMARTS) is 1. The molecule has 0 aromatic carbocycles. The molecule has 1 fully saturated rings. The van der Waals surface area contributed by atoms with Crippen LogP contribution in [0.2, 0.25) is 0 Å². The minimum atomic E-state index is -0.817. The predicted octanol–water partition coefficient (Wildman–Crippen LogP) is 2.06. The molecule has 0 aliphatic carbocycles. The second kappa shape index (κ2) is 6.68. The van der Waals surface area contributed by atoms with Gasteiger partial charge < -0.3 is 9.84 Å². The number of aliphatic carboxylic acids is 1. The number of ketones is 1. The molecular formula is C15H21NO4S. The molecule has 5 nitrogen and oxygen atoms in total. The van der Waals surface area contributed by atoms with Crippen molar-refractivity contribution in [2.24, 2.45) is 0 Å². The van der Waals surface area contributed by atoms with E-state index in [-0.39, 0.29) is 12.2 Å². The van der Waals surface area contributed by atoms with E-state index in [9.17, 15) is 9.59 Å². The number of thiophene rings is 1. The number of nitrogens with zero attached hydrogens (tertiary/aromatic N) is 1. The Balaban J connectivity index is 2.06. The molecule has 0 radical (unpaired) electrons. The first-order valence-electron chi connectivity index (χ1n) is 7.08. The average molecular weight is 311 g/mol. The van der Waals surface area contributed by atoms with Crippen LogP contribution in [0.5, 0.6) is 0 Å². The van der Waals surface area contributed by atoms with E-state index in [1.165, 1.54) is 11.3 Å². The van der Waals surface area contributed by atoms with Crippen LogP contribution in [0.1, 0.15) is 35.5 Å². The summed E-state index contributed by atoms with van der Waals surface area (Å²) >= 11 is 1.40. The van der Waals surface area contributed by atoms with Crippen LogP contribution < -0.4 is 0 Å². The van der Waals surface area contributed by atoms with E-state index in [2.05, 4.69) is 4.90 Å². The summed E-state index contributed by atoms with van der Waals surface area (Å²) in [7, 11) is 0. The second-order valence-electron chi connectivity index (χ2n) is 5.70. The fourth-order valence-corrected chi connectivity index (χ4v) is 3.48. The second-order valence-corrected chi connectivity index (χ2v) is 6.61. The molecule has 2 rings (SSSR count). The lowest BCUT2D eigenvalue weighted by molar-refractivity contribution is -0.136. The largest absolute Gasteiger partial charge is 0.481 e. The lowest BCUT2D eigenvalue weighted by Crippen LogP contribution is -2.54. The first-order chi connectivity index (χ1) is 9.91. The van der Waals surface area contributed by atoms with Crippen LogP contribution in [0.4, 0.5) is 0 Å². The molecular weight excluding hydrogens is 290 g/mol. The molecule has 0 amide bonds. The molecule has 1 N–H and O–H groups in total. The zero-order chi connectivity index (χ0) is 15.5. The third-order valence-electron chi connectivity index (χ3n) is 3.86. The van der Waals surface area contributed by atoms with Gasteiger partial charge in [0.15, 0.2) is 5.78 Å². The highest BCUT2D eigenvalue weighted by Crippen LogP contribution is 2.26. The van der Waals surface area contributed by atoms with Gasteiger partial charge in [0.05, 0.1) is 23.6 Å². The summed E-state index contributed by atoms with van der Waals surface area (Å²) in [6, 6.07) is 1.83. The molecule has 0 saturated carbocycles. The van der Waals surface area contributed by atoms with Crippen LogP contribution in [0.3, 0.4) is 0 Å². The molecule has 1 saturated heterocycles. The normalized spacial score (nSPS) is 16.9. The molecule has 0 unspecified atom stereocenters. The standard InChI is InChI=1S/C15H21NO4S/c1-15(2,16-5-7-20-8-6-16)14(19)12-9-11(10-21-12)3-4-13(17)18/h9-10H,3-8H2,1-2H3,(H,17,18). The number of carbonyl (C=O) groups excluding carboxylic acids is 1. The van der Waals surface area contributed by atoms with E-state index in [1.807, 2.05) is 25.3 Å². The van der Waals surface area contributed by atoms with Gasteiger partial charge in [-0.15, -0.1) is 11.3 Å². The Hall–Kier alpha value is -1.24. The van der Waals surface area contributed by atoms with E-state index < -0.39 is 11.5 Å². The van der Waals surface area contributed by atoms with Gasteiger partial charge in [0, 0.05) is 19.5 Å². The van der Waals surface area contributed by atoms with Crippen molar-refractivity contribution in [1.82, 2.24) is 4.90 Å². The Morgan fingerprint density at radius 1 is 1.38 bits per heavy atom. The van der Waals surface area contributed by atoms with Crippen molar-refractivity contribution in [3.05, 3.63) is 21.9 Å². The number of morpholine rings is 1. The fraction of sp³-hybridized carbons (Fsp3) is 0.600. The Bertz CT molecular complexity index is 517. The zero-order valence-electron chi connectivity index (χ0n) is 12.4. The first-order valence-corrected chi connectivity index (χ1v) is 7.96. The Morgan fingerprint density at radius 2 is 2.05 bits per heavy atom. The van der Waals surface area contributed by atoms with Crippen LogP contribution in [-0.2, 0) is 16.0 Å². The van der Waals surface area contributed by atoms with E-state index in [0.29, 0.717) is 24.5 Å². The number of carbonyl (C=O) groups is 2. The minimum absolute atomic E-state index is 0.0935. The van der Waals surface area contributed by atoms with Crippen molar-refractivity contribution in [3.63, 3.8) is 0 Å². The lowest BCUT2D eigenvalue weighted by Gasteiger charge is -2.39. The molecule has 0 bridgehead atoms. The van der Waals surface area contributed by atoms with Crippen molar-refractivity contribution in [3.8, 4) is 0 Å². The molecule has 116 valence electrons.